The van der Waals surface area contributed by atoms with E-state index in [-0.39, 0.29) is 5.91 Å². The van der Waals surface area contributed by atoms with Crippen LogP contribution in [0.4, 0.5) is 10.6 Å². The molecule has 2 amide bonds. The van der Waals surface area contributed by atoms with Crippen LogP contribution >= 0.6 is 23.4 Å². The number of fused-ring (bicyclic) bond motifs is 1. The molecule has 10 heteroatoms. The van der Waals surface area contributed by atoms with Crippen LogP contribution in [-0.2, 0) is 15.3 Å². The van der Waals surface area contributed by atoms with Gasteiger partial charge in [0.2, 0.25) is 5.91 Å². The second-order valence-electron chi connectivity index (χ2n) is 11.6. The number of thioether (sulfide) groups is 1. The summed E-state index contributed by atoms with van der Waals surface area (Å²) in [5.74, 6) is 1.52. The lowest BCUT2D eigenvalue weighted by molar-refractivity contribution is -0.133. The van der Waals surface area contributed by atoms with Gasteiger partial charge in [-0.15, -0.1) is 11.8 Å². The van der Waals surface area contributed by atoms with E-state index in [9.17, 15) is 9.59 Å². The second kappa shape index (κ2) is 11.3. The number of hydrogen-bond donors (Lipinski definition) is 1. The minimum absolute atomic E-state index is 0.0443. The molecule has 0 spiro atoms. The van der Waals surface area contributed by atoms with Gasteiger partial charge in [-0.1, -0.05) is 23.7 Å². The van der Waals surface area contributed by atoms with Gasteiger partial charge in [0.05, 0.1) is 11.6 Å². The molecule has 1 unspecified atom stereocenters. The Hall–Kier alpha value is -2.52. The summed E-state index contributed by atoms with van der Waals surface area (Å²) >= 11 is 8.03. The Kier molecular flexibility index (Phi) is 8.47. The first kappa shape index (κ1) is 28.5. The van der Waals surface area contributed by atoms with E-state index in [1.807, 2.05) is 63.4 Å². The third-order valence-corrected chi connectivity index (χ3v) is 8.26. The first-order valence-corrected chi connectivity index (χ1v) is 14.5. The van der Waals surface area contributed by atoms with Crippen molar-refractivity contribution < 1.29 is 14.3 Å². The number of hydrogen-bond acceptors (Lipinski definition) is 7. The average Bonchev–Trinajstić information content (AvgIpc) is 3.22. The molecule has 206 valence electrons. The minimum Gasteiger partial charge on any atom is -0.444 e. The number of anilines is 1. The molecule has 0 saturated carbocycles. The summed E-state index contributed by atoms with van der Waals surface area (Å²) in [6, 6.07) is 7.40. The molecular formula is C28H38ClN5O3S. The Morgan fingerprint density at radius 3 is 2.39 bits per heavy atom. The van der Waals surface area contributed by atoms with Gasteiger partial charge in [-0.25, -0.2) is 14.8 Å². The number of benzene rings is 1. The van der Waals surface area contributed by atoms with Crippen molar-refractivity contribution in [2.75, 3.05) is 31.1 Å². The van der Waals surface area contributed by atoms with E-state index in [0.29, 0.717) is 42.9 Å². The summed E-state index contributed by atoms with van der Waals surface area (Å²) in [6.07, 6.45) is 1.57. The van der Waals surface area contributed by atoms with Crippen molar-refractivity contribution >= 4 is 41.2 Å². The molecular weight excluding hydrogens is 522 g/mol. The van der Waals surface area contributed by atoms with Crippen molar-refractivity contribution in [3.05, 3.63) is 52.4 Å². The molecule has 2 aliphatic rings. The summed E-state index contributed by atoms with van der Waals surface area (Å²) < 4.78 is 5.47. The predicted octanol–water partition coefficient (Wildman–Crippen LogP) is 5.56. The lowest BCUT2D eigenvalue weighted by Gasteiger charge is -2.39. The molecule has 0 bridgehead atoms. The van der Waals surface area contributed by atoms with Crippen LogP contribution in [0.15, 0.2) is 30.6 Å². The number of ether oxygens (including phenoxy) is 1. The van der Waals surface area contributed by atoms with Crippen LogP contribution in [0, 0.1) is 0 Å². The Bertz CT molecular complexity index is 1160. The molecule has 8 nitrogen and oxygen atoms in total. The number of carbonyl (C=O) groups excluding carboxylic acids is 2. The first-order chi connectivity index (χ1) is 17.8. The SMILES string of the molecule is C[C@@H]1SCc2ncnc(N3CCN(C(=O)C(CC(C)(C)NC(=O)OC(C)(C)C)c4ccc(Cl)cc4)CC3)c21. The van der Waals surface area contributed by atoms with Crippen LogP contribution in [0.2, 0.25) is 5.02 Å². The van der Waals surface area contributed by atoms with E-state index in [0.717, 1.165) is 22.8 Å². The maximum absolute atomic E-state index is 14.0. The number of nitrogens with one attached hydrogen (secondary N) is 1. The molecule has 2 aliphatic heterocycles. The van der Waals surface area contributed by atoms with Gasteiger partial charge in [0.15, 0.2) is 0 Å². The number of carbonyl (C=O) groups is 2. The Morgan fingerprint density at radius 1 is 1.11 bits per heavy atom. The van der Waals surface area contributed by atoms with E-state index >= 15 is 0 Å². The van der Waals surface area contributed by atoms with Crippen LogP contribution in [-0.4, -0.2) is 64.2 Å². The smallest absolute Gasteiger partial charge is 0.408 e. The minimum atomic E-state index is -0.681. The molecule has 1 fully saturated rings. The predicted molar refractivity (Wildman–Crippen MR) is 153 cm³/mol. The van der Waals surface area contributed by atoms with Crippen LogP contribution in [0.25, 0.3) is 0 Å². The largest absolute Gasteiger partial charge is 0.444 e. The number of piperazine rings is 1. The summed E-state index contributed by atoms with van der Waals surface area (Å²) in [7, 11) is 0. The highest BCUT2D eigenvalue weighted by Crippen LogP contribution is 2.44. The molecule has 4 rings (SSSR count). The fourth-order valence-electron chi connectivity index (χ4n) is 5.04. The standard InChI is InChI=1S/C28H38ClN5O3S/c1-18-23-22(16-38-18)30-17-31-24(23)33-11-13-34(14-12-33)25(35)21(19-7-9-20(29)10-8-19)15-28(5,6)32-26(36)37-27(2,3)4/h7-10,17-18,21H,11-16H2,1-6H3,(H,32,36)/t18-,21?/m0/s1. The first-order valence-electron chi connectivity index (χ1n) is 13.1. The number of aromatic nitrogens is 2. The molecule has 1 saturated heterocycles. The topological polar surface area (TPSA) is 87.7 Å². The molecule has 1 aromatic carbocycles. The van der Waals surface area contributed by atoms with E-state index < -0.39 is 23.2 Å². The van der Waals surface area contributed by atoms with Crippen molar-refractivity contribution in [3.8, 4) is 0 Å². The zero-order chi connectivity index (χ0) is 27.7. The lowest BCUT2D eigenvalue weighted by Crippen LogP contribution is -2.52. The Balaban J connectivity index is 1.48. The molecule has 2 atom stereocenters. The third kappa shape index (κ3) is 6.91. The molecule has 3 heterocycles. The van der Waals surface area contributed by atoms with Gasteiger partial charge < -0.3 is 19.9 Å². The highest BCUT2D eigenvalue weighted by Gasteiger charge is 2.36. The fraction of sp³-hybridized carbons (Fsp3) is 0.571. The van der Waals surface area contributed by atoms with Gasteiger partial charge in [0, 0.05) is 53.3 Å². The van der Waals surface area contributed by atoms with Crippen molar-refractivity contribution in [3.63, 3.8) is 0 Å². The normalized spacial score (nSPS) is 18.7. The zero-order valence-corrected chi connectivity index (χ0v) is 24.7. The van der Waals surface area contributed by atoms with Gasteiger partial charge in [-0.05, 0) is 65.7 Å². The number of alkyl carbamates (subject to hydrolysis) is 1. The number of rotatable bonds is 6. The van der Waals surface area contributed by atoms with Crippen molar-refractivity contribution in [2.24, 2.45) is 0 Å². The van der Waals surface area contributed by atoms with Crippen LogP contribution < -0.4 is 10.2 Å². The average molecular weight is 560 g/mol. The van der Waals surface area contributed by atoms with Gasteiger partial charge >= 0.3 is 6.09 Å². The summed E-state index contributed by atoms with van der Waals surface area (Å²) in [6.45, 7) is 14.1. The van der Waals surface area contributed by atoms with E-state index in [1.54, 1.807) is 18.5 Å². The van der Waals surface area contributed by atoms with Crippen LogP contribution in [0.5, 0.6) is 0 Å². The lowest BCUT2D eigenvalue weighted by atomic mass is 9.84. The van der Waals surface area contributed by atoms with Gasteiger partial charge in [-0.2, -0.15) is 0 Å². The van der Waals surface area contributed by atoms with Crippen LogP contribution in [0.1, 0.15) is 76.0 Å². The Morgan fingerprint density at radius 2 is 1.76 bits per heavy atom. The maximum Gasteiger partial charge on any atom is 0.408 e. The monoisotopic (exact) mass is 559 g/mol. The number of amides is 2. The van der Waals surface area contributed by atoms with Crippen molar-refractivity contribution in [1.29, 1.82) is 0 Å². The third-order valence-electron chi connectivity index (χ3n) is 6.84. The molecule has 1 N–H and O–H groups in total. The van der Waals surface area contributed by atoms with Gasteiger partial charge in [0.1, 0.15) is 17.7 Å². The van der Waals surface area contributed by atoms with Gasteiger partial charge in [-0.3, -0.25) is 4.79 Å². The summed E-state index contributed by atoms with van der Waals surface area (Å²) in [5, 5.41) is 3.94. The van der Waals surface area contributed by atoms with Crippen molar-refractivity contribution in [2.45, 2.75) is 76.0 Å². The second-order valence-corrected chi connectivity index (χ2v) is 13.4. The zero-order valence-electron chi connectivity index (χ0n) is 23.1. The number of nitrogens with zero attached hydrogens (tertiary/aromatic N) is 4. The van der Waals surface area contributed by atoms with E-state index in [4.69, 9.17) is 16.3 Å². The van der Waals surface area contributed by atoms with Crippen LogP contribution in [0.3, 0.4) is 0 Å². The highest BCUT2D eigenvalue weighted by atomic mass is 35.5. The van der Waals surface area contributed by atoms with E-state index in [2.05, 4.69) is 27.1 Å². The summed E-state index contributed by atoms with van der Waals surface area (Å²) in [5.41, 5.74) is 1.94. The highest BCUT2D eigenvalue weighted by molar-refractivity contribution is 7.99. The van der Waals surface area contributed by atoms with Crippen molar-refractivity contribution in [1.82, 2.24) is 20.2 Å². The molecule has 38 heavy (non-hydrogen) atoms. The molecule has 2 aromatic rings. The molecule has 0 radical (unpaired) electrons. The molecule has 0 aliphatic carbocycles. The quantitative estimate of drug-likeness (QED) is 0.495. The number of halogens is 1. The maximum atomic E-state index is 14.0. The fourth-order valence-corrected chi connectivity index (χ4v) is 6.21. The Labute approximate surface area is 234 Å². The molecule has 1 aromatic heterocycles. The van der Waals surface area contributed by atoms with Gasteiger partial charge in [0.25, 0.3) is 0 Å². The summed E-state index contributed by atoms with van der Waals surface area (Å²) in [4.78, 5) is 39.8. The van der Waals surface area contributed by atoms with E-state index in [1.165, 1.54) is 5.56 Å².